The summed E-state index contributed by atoms with van der Waals surface area (Å²) in [6, 6.07) is 4.56. The van der Waals surface area contributed by atoms with E-state index in [1.54, 1.807) is 19.9 Å². The van der Waals surface area contributed by atoms with E-state index in [9.17, 15) is 18.4 Å². The van der Waals surface area contributed by atoms with Crippen LogP contribution >= 0.6 is 0 Å². The summed E-state index contributed by atoms with van der Waals surface area (Å²) in [6.45, 7) is 2.64. The molecule has 0 aromatic carbocycles. The number of ether oxygens (including phenoxy) is 1. The molecule has 30 heavy (non-hydrogen) atoms. The fraction of sp³-hybridized carbons (Fsp3) is 0.316. The van der Waals surface area contributed by atoms with Gasteiger partial charge in [-0.25, -0.2) is 23.5 Å². The smallest absolute Gasteiger partial charge is 0.325 e. The van der Waals surface area contributed by atoms with Crippen LogP contribution in [0.4, 0.5) is 14.6 Å². The van der Waals surface area contributed by atoms with E-state index in [2.05, 4.69) is 24.9 Å². The van der Waals surface area contributed by atoms with Gasteiger partial charge in [0.05, 0.1) is 24.3 Å². The molecule has 1 aliphatic heterocycles. The number of halogens is 2. The van der Waals surface area contributed by atoms with Crippen LogP contribution in [0, 0.1) is 13.8 Å². The molecule has 0 amide bonds. The van der Waals surface area contributed by atoms with E-state index < -0.39 is 29.8 Å². The summed E-state index contributed by atoms with van der Waals surface area (Å²) >= 11 is 0. The Bertz CT molecular complexity index is 1210. The molecular weight excluding hydrogens is 398 g/mol. The van der Waals surface area contributed by atoms with Crippen LogP contribution in [0.5, 0.6) is 5.75 Å². The average molecular weight is 416 g/mol. The molecule has 0 saturated carbocycles. The number of rotatable bonds is 4. The fourth-order valence-corrected chi connectivity index (χ4v) is 3.26. The third-order valence-corrected chi connectivity index (χ3v) is 4.65. The summed E-state index contributed by atoms with van der Waals surface area (Å²) in [5.41, 5.74) is -0.309. The van der Waals surface area contributed by atoms with E-state index in [0.29, 0.717) is 17.3 Å². The minimum Gasteiger partial charge on any atom is -0.482 e. The van der Waals surface area contributed by atoms with E-state index in [0.717, 1.165) is 0 Å². The summed E-state index contributed by atoms with van der Waals surface area (Å²) in [7, 11) is 0. The molecule has 0 aliphatic carbocycles. The number of hydrogen-bond acceptors (Lipinski definition) is 7. The van der Waals surface area contributed by atoms with Gasteiger partial charge in [-0.3, -0.25) is 14.8 Å². The Morgan fingerprint density at radius 3 is 2.77 bits per heavy atom. The van der Waals surface area contributed by atoms with E-state index in [1.807, 2.05) is 0 Å². The number of hydrogen-bond donors (Lipinski definition) is 2. The van der Waals surface area contributed by atoms with Crippen LogP contribution in [0.25, 0.3) is 11.3 Å². The summed E-state index contributed by atoms with van der Waals surface area (Å²) < 4.78 is 34.8. The molecule has 0 radical (unpaired) electrons. The lowest BCUT2D eigenvalue weighted by atomic mass is 10.2. The number of anilines is 1. The second kappa shape index (κ2) is 7.32. The number of nitrogens with zero attached hydrogens (tertiary/aromatic N) is 4. The zero-order valence-electron chi connectivity index (χ0n) is 16.1. The number of aryl methyl sites for hydroxylation is 2. The van der Waals surface area contributed by atoms with Crippen LogP contribution in [-0.4, -0.2) is 50.0 Å². The Labute approximate surface area is 168 Å². The molecule has 3 aromatic heterocycles. The van der Waals surface area contributed by atoms with Crippen molar-refractivity contribution in [2.75, 3.05) is 18.0 Å². The third-order valence-electron chi connectivity index (χ3n) is 4.65. The van der Waals surface area contributed by atoms with E-state index >= 15 is 0 Å². The summed E-state index contributed by atoms with van der Waals surface area (Å²) in [6.07, 6.45) is 1.34. The van der Waals surface area contributed by atoms with E-state index in [1.165, 1.54) is 29.4 Å². The van der Waals surface area contributed by atoms with Crippen LogP contribution in [0.3, 0.4) is 0 Å². The predicted octanol–water partition coefficient (Wildman–Crippen LogP) is 1.43. The largest absolute Gasteiger partial charge is 0.482 e. The molecule has 0 spiro atoms. The molecule has 0 unspecified atom stereocenters. The first kappa shape index (κ1) is 19.7. The Hall–Kier alpha value is -3.63. The van der Waals surface area contributed by atoms with Crippen molar-refractivity contribution in [3.05, 3.63) is 62.9 Å². The van der Waals surface area contributed by atoms with E-state index in [4.69, 9.17) is 4.74 Å². The first-order valence-electron chi connectivity index (χ1n) is 9.11. The number of aromatic amines is 2. The predicted molar refractivity (Wildman–Crippen MR) is 104 cm³/mol. The first-order valence-corrected chi connectivity index (χ1v) is 9.11. The third kappa shape index (κ3) is 3.91. The Kier molecular flexibility index (Phi) is 4.80. The van der Waals surface area contributed by atoms with Gasteiger partial charge in [0.1, 0.15) is 17.4 Å². The normalized spacial score (nSPS) is 17.9. The summed E-state index contributed by atoms with van der Waals surface area (Å²) in [4.78, 5) is 41.6. The van der Waals surface area contributed by atoms with Crippen molar-refractivity contribution in [1.29, 1.82) is 0 Å². The van der Waals surface area contributed by atoms with Crippen molar-refractivity contribution < 1.29 is 13.5 Å². The lowest BCUT2D eigenvalue weighted by Gasteiger charge is -2.19. The highest BCUT2D eigenvalue weighted by atomic mass is 19.3. The lowest BCUT2D eigenvalue weighted by molar-refractivity contribution is -0.0594. The molecule has 1 aliphatic rings. The average Bonchev–Trinajstić information content (AvgIpc) is 2.96. The van der Waals surface area contributed by atoms with Gasteiger partial charge in [-0.15, -0.1) is 0 Å². The molecule has 4 heterocycles. The van der Waals surface area contributed by atoms with Crippen LogP contribution < -0.4 is 20.9 Å². The second-order valence-electron chi connectivity index (χ2n) is 7.03. The maximum Gasteiger partial charge on any atom is 0.325 e. The van der Waals surface area contributed by atoms with Gasteiger partial charge in [-0.05, 0) is 19.9 Å². The first-order chi connectivity index (χ1) is 14.2. The number of H-pyrrole nitrogens is 2. The summed E-state index contributed by atoms with van der Waals surface area (Å²) in [5.74, 6) is -2.27. The maximum atomic E-state index is 14.6. The number of pyridine rings is 1. The molecule has 3 aromatic rings. The van der Waals surface area contributed by atoms with Crippen LogP contribution in [0.2, 0.25) is 0 Å². The fourth-order valence-electron chi connectivity index (χ4n) is 3.26. The van der Waals surface area contributed by atoms with Gasteiger partial charge in [0, 0.05) is 30.2 Å². The number of nitrogens with one attached hydrogen (secondary N) is 2. The second-order valence-corrected chi connectivity index (χ2v) is 7.03. The van der Waals surface area contributed by atoms with Gasteiger partial charge in [-0.2, -0.15) is 0 Å². The van der Waals surface area contributed by atoms with Crippen molar-refractivity contribution in [2.24, 2.45) is 0 Å². The van der Waals surface area contributed by atoms with Crippen molar-refractivity contribution >= 4 is 5.82 Å². The van der Waals surface area contributed by atoms with Crippen LogP contribution in [0.15, 0.2) is 40.2 Å². The summed E-state index contributed by atoms with van der Waals surface area (Å²) in [5, 5.41) is 0. The van der Waals surface area contributed by atoms with Gasteiger partial charge < -0.3 is 14.6 Å². The zero-order valence-corrected chi connectivity index (χ0v) is 16.1. The molecule has 4 rings (SSSR count). The quantitative estimate of drug-likeness (QED) is 0.661. The minimum absolute atomic E-state index is 0.104. The highest BCUT2D eigenvalue weighted by molar-refractivity contribution is 5.61. The van der Waals surface area contributed by atoms with E-state index in [-0.39, 0.29) is 23.6 Å². The molecule has 1 atom stereocenters. The van der Waals surface area contributed by atoms with Gasteiger partial charge in [0.15, 0.2) is 6.10 Å². The Morgan fingerprint density at radius 2 is 2.03 bits per heavy atom. The monoisotopic (exact) mass is 416 g/mol. The standard InChI is InChI=1S/C19H18F2N6O3/c1-10-5-12(3-4-22-10)30-15-8-27(9-19(15,20)21)16-6-14(24-11(2)25-16)13-7-23-18(29)26-17(13)28/h3-7,15H,8-9H2,1-2H3,(H2,23,26,28,29)/t15-/m0/s1. The Morgan fingerprint density at radius 1 is 1.23 bits per heavy atom. The van der Waals surface area contributed by atoms with Crippen molar-refractivity contribution in [3.8, 4) is 17.0 Å². The van der Waals surface area contributed by atoms with Crippen LogP contribution in [-0.2, 0) is 0 Å². The highest BCUT2D eigenvalue weighted by Gasteiger charge is 2.50. The molecule has 0 bridgehead atoms. The SMILES string of the molecule is Cc1cc(O[C@H]2CN(c3cc(-c4c[nH]c(=O)[nH]c4=O)nc(C)n3)CC2(F)F)ccn1. The van der Waals surface area contributed by atoms with Crippen molar-refractivity contribution in [3.63, 3.8) is 0 Å². The van der Waals surface area contributed by atoms with Crippen molar-refractivity contribution in [2.45, 2.75) is 25.9 Å². The number of aromatic nitrogens is 5. The Balaban J connectivity index is 1.63. The van der Waals surface area contributed by atoms with Gasteiger partial charge in [-0.1, -0.05) is 0 Å². The maximum absolute atomic E-state index is 14.6. The molecule has 1 fully saturated rings. The molecule has 1 saturated heterocycles. The lowest BCUT2D eigenvalue weighted by Crippen LogP contribution is -2.36. The van der Waals surface area contributed by atoms with Gasteiger partial charge in [0.2, 0.25) is 0 Å². The molecular formula is C19H18F2N6O3. The molecule has 9 nitrogen and oxygen atoms in total. The topological polar surface area (TPSA) is 117 Å². The number of alkyl halides is 2. The zero-order chi connectivity index (χ0) is 21.5. The van der Waals surface area contributed by atoms with Crippen LogP contribution in [0.1, 0.15) is 11.5 Å². The van der Waals surface area contributed by atoms with Crippen molar-refractivity contribution in [1.82, 2.24) is 24.9 Å². The van der Waals surface area contributed by atoms with Gasteiger partial charge >= 0.3 is 11.6 Å². The minimum atomic E-state index is -3.12. The molecule has 2 N–H and O–H groups in total. The van der Waals surface area contributed by atoms with Gasteiger partial charge in [0.25, 0.3) is 5.56 Å². The molecule has 11 heteroatoms. The highest BCUT2D eigenvalue weighted by Crippen LogP contribution is 2.34. The molecule has 156 valence electrons.